The number of fused-ring (bicyclic) bond motifs is 5. The molecule has 0 bridgehead atoms. The Morgan fingerprint density at radius 3 is 1.78 bits per heavy atom. The van der Waals surface area contributed by atoms with Gasteiger partial charge in [0.25, 0.3) is 11.8 Å². The molecule has 0 fully saturated rings. The molecule has 1 aliphatic rings. The molecule has 2 atom stereocenters. The summed E-state index contributed by atoms with van der Waals surface area (Å²) in [6.07, 6.45) is 0. The Kier molecular flexibility index (Phi) is 9.16. The van der Waals surface area contributed by atoms with Gasteiger partial charge >= 0.3 is 15.2 Å². The third-order valence-corrected chi connectivity index (χ3v) is 15.3. The molecule has 0 spiro atoms. The predicted octanol–water partition coefficient (Wildman–Crippen LogP) is 7.13. The third-order valence-electron chi connectivity index (χ3n) is 8.05. The number of hydrogen-bond donors (Lipinski definition) is 4. The van der Waals surface area contributed by atoms with Crippen LogP contribution in [-0.2, 0) is 28.0 Å². The van der Waals surface area contributed by atoms with Crippen molar-refractivity contribution in [2.75, 3.05) is 23.8 Å². The highest BCUT2D eigenvalue weighted by Gasteiger charge is 2.42. The molecule has 4 N–H and O–H groups in total. The monoisotopic (exact) mass is 782 g/mol. The Labute approximate surface area is 299 Å². The summed E-state index contributed by atoms with van der Waals surface area (Å²) in [5.41, 5.74) is -0.828. The lowest BCUT2D eigenvalue weighted by molar-refractivity contribution is 0.102. The van der Waals surface area contributed by atoms with Crippen LogP contribution in [0, 0.1) is 0 Å². The van der Waals surface area contributed by atoms with E-state index in [0.717, 1.165) is 44.4 Å². The van der Waals surface area contributed by atoms with Crippen LogP contribution in [0.1, 0.15) is 33.2 Å². The molecule has 0 saturated carbocycles. The van der Waals surface area contributed by atoms with E-state index >= 15 is 0 Å². The van der Waals surface area contributed by atoms with Crippen LogP contribution in [0.2, 0.25) is 0 Å². The number of benzene rings is 4. The first-order valence-electron chi connectivity index (χ1n) is 15.4. The van der Waals surface area contributed by atoms with E-state index in [1.165, 1.54) is 36.5 Å². The van der Waals surface area contributed by atoms with Crippen LogP contribution in [0.5, 0.6) is 0 Å². The van der Waals surface area contributed by atoms with Gasteiger partial charge in [-0.1, -0.05) is 36.4 Å². The number of amides is 2. The van der Waals surface area contributed by atoms with Crippen LogP contribution in [0.25, 0.3) is 31.3 Å². The maximum Gasteiger partial charge on any atom is 0.360 e. The van der Waals surface area contributed by atoms with Crippen LogP contribution in [0.4, 0.5) is 11.4 Å². The molecule has 2 amide bonds. The largest absolute Gasteiger partial charge is 0.360 e. The van der Waals surface area contributed by atoms with E-state index in [4.69, 9.17) is 9.05 Å². The quantitative estimate of drug-likeness (QED) is 0.104. The average Bonchev–Trinajstić information content (AvgIpc) is 3.77. The van der Waals surface area contributed by atoms with Crippen molar-refractivity contribution in [3.8, 4) is 11.1 Å². The van der Waals surface area contributed by atoms with E-state index in [1.54, 1.807) is 12.1 Å². The summed E-state index contributed by atoms with van der Waals surface area (Å²) in [4.78, 5) is 48.8. The van der Waals surface area contributed by atoms with Crippen molar-refractivity contribution < 1.29 is 46.0 Å². The highest BCUT2D eigenvalue weighted by atomic mass is 32.2. The molecule has 3 heterocycles. The number of carbonyl (C=O) groups is 2. The first-order valence-corrected chi connectivity index (χ1v) is 21.7. The molecule has 51 heavy (non-hydrogen) atoms. The van der Waals surface area contributed by atoms with Crippen molar-refractivity contribution in [3.63, 3.8) is 0 Å². The van der Waals surface area contributed by atoms with Crippen molar-refractivity contribution in [1.82, 2.24) is 0 Å². The van der Waals surface area contributed by atoms with E-state index in [2.05, 4.69) is 10.6 Å². The average molecular weight is 783 g/mol. The molecular formula is C34H28N2O10P2S3. The molecule has 7 rings (SSSR count). The van der Waals surface area contributed by atoms with Gasteiger partial charge in [0.05, 0.1) is 49.1 Å². The van der Waals surface area contributed by atoms with Gasteiger partial charge in [0, 0.05) is 26.2 Å². The second kappa shape index (κ2) is 13.2. The number of nitrogens with one attached hydrogen (secondary N) is 2. The van der Waals surface area contributed by atoms with E-state index < -0.39 is 57.2 Å². The molecule has 0 radical (unpaired) electrons. The Balaban J connectivity index is 1.37. The highest BCUT2D eigenvalue weighted by molar-refractivity contribution is 7.92. The van der Waals surface area contributed by atoms with Gasteiger partial charge in [0.2, 0.25) is 9.84 Å². The molecule has 262 valence electrons. The van der Waals surface area contributed by atoms with Crippen LogP contribution >= 0.6 is 37.9 Å². The lowest BCUT2D eigenvalue weighted by atomic mass is 10.0. The summed E-state index contributed by atoms with van der Waals surface area (Å²) in [5.74, 6) is -1.24. The summed E-state index contributed by atoms with van der Waals surface area (Å²) < 4.78 is 67.9. The molecular weight excluding hydrogens is 755 g/mol. The second-order valence-corrected chi connectivity index (χ2v) is 18.9. The molecule has 0 saturated heterocycles. The summed E-state index contributed by atoms with van der Waals surface area (Å²) in [7, 11) is -14.0. The summed E-state index contributed by atoms with van der Waals surface area (Å²) in [6, 6.07) is 22.4. The zero-order valence-corrected chi connectivity index (χ0v) is 31.0. The zero-order valence-electron chi connectivity index (χ0n) is 26.8. The van der Waals surface area contributed by atoms with Crippen LogP contribution in [0.3, 0.4) is 0 Å². The van der Waals surface area contributed by atoms with Crippen LogP contribution in [0.15, 0.2) is 94.7 Å². The number of carbonyl (C=O) groups excluding carboxylic acids is 2. The topological polar surface area (TPSA) is 185 Å². The van der Waals surface area contributed by atoms with Gasteiger partial charge in [-0.05, 0) is 73.2 Å². The fraction of sp³-hybridized carbons (Fsp3) is 0.118. The van der Waals surface area contributed by atoms with E-state index in [-0.39, 0.29) is 40.6 Å². The highest BCUT2D eigenvalue weighted by Crippen LogP contribution is 2.53. The Morgan fingerprint density at radius 1 is 0.706 bits per heavy atom. The Bertz CT molecular complexity index is 2570. The summed E-state index contributed by atoms with van der Waals surface area (Å²) in [5, 5.41) is 5.98. The minimum atomic E-state index is -4.77. The summed E-state index contributed by atoms with van der Waals surface area (Å²) in [6.45, 7) is 2.55. The summed E-state index contributed by atoms with van der Waals surface area (Å²) >= 11 is 2.39. The third kappa shape index (κ3) is 6.39. The van der Waals surface area contributed by atoms with Crippen molar-refractivity contribution in [2.24, 2.45) is 0 Å². The maximum absolute atomic E-state index is 14.3. The van der Waals surface area contributed by atoms with Crippen molar-refractivity contribution in [1.29, 1.82) is 0 Å². The lowest BCUT2D eigenvalue weighted by Crippen LogP contribution is -2.20. The Hall–Kier alpha value is -4.01. The molecule has 2 aromatic heterocycles. The molecule has 2 unspecified atom stereocenters. The molecule has 1 aliphatic heterocycles. The second-order valence-electron chi connectivity index (χ2n) is 11.3. The maximum atomic E-state index is 14.3. The molecule has 4 aromatic carbocycles. The molecule has 0 aliphatic carbocycles. The zero-order chi connectivity index (χ0) is 36.3. The van der Waals surface area contributed by atoms with E-state index in [1.807, 2.05) is 48.5 Å². The van der Waals surface area contributed by atoms with Crippen molar-refractivity contribution in [2.45, 2.75) is 23.6 Å². The number of hydrogen-bond acceptors (Lipinski definition) is 10. The number of thiophene rings is 2. The predicted molar refractivity (Wildman–Crippen MR) is 199 cm³/mol. The van der Waals surface area contributed by atoms with Gasteiger partial charge in [-0.2, -0.15) is 0 Å². The van der Waals surface area contributed by atoms with Crippen molar-refractivity contribution >= 4 is 102 Å². The SMILES string of the molecule is CCOP(=O)(O)c1cc2c(cc1NC(=O)c1cc3ccccc3s1)S(=O)(=O)c1cc(NC(=O)c3cc4ccccc4s3)cc(P(=O)(O)OCC)c1-2. The van der Waals surface area contributed by atoms with Crippen LogP contribution < -0.4 is 21.2 Å². The standard InChI is InChI=1S/C34H28N2O10P2S3/c1-3-45-47(39,40)24-17-22-30(18-23(24)36-34(38)29-14-20-10-6-8-12-27(20)50-29)51(43,44)31-16-21(15-25(32(22)31)48(41,42)46-4-2)35-33(37)28-13-19-9-5-7-11-26(19)49-28/h5-18H,3-4H2,1-2H3,(H,35,37)(H,36,38)(H,39,40)(H,41,42). The van der Waals surface area contributed by atoms with Gasteiger partial charge in [0.15, 0.2) is 0 Å². The fourth-order valence-electron chi connectivity index (χ4n) is 5.87. The minimum Gasteiger partial charge on any atom is -0.321 e. The lowest BCUT2D eigenvalue weighted by Gasteiger charge is -2.19. The fourth-order valence-corrected chi connectivity index (χ4v) is 12.1. The van der Waals surface area contributed by atoms with Gasteiger partial charge in [-0.3, -0.25) is 18.7 Å². The number of rotatable bonds is 10. The smallest absolute Gasteiger partial charge is 0.321 e. The van der Waals surface area contributed by atoms with E-state index in [0.29, 0.717) is 4.88 Å². The van der Waals surface area contributed by atoms with Gasteiger partial charge < -0.3 is 29.5 Å². The van der Waals surface area contributed by atoms with Gasteiger partial charge in [-0.15, -0.1) is 22.7 Å². The van der Waals surface area contributed by atoms with Gasteiger partial charge in [-0.25, -0.2) is 8.42 Å². The Morgan fingerprint density at radius 2 is 1.24 bits per heavy atom. The normalized spacial score (nSPS) is 15.5. The number of anilines is 2. The minimum absolute atomic E-state index is 0.0998. The number of sulfone groups is 1. The van der Waals surface area contributed by atoms with Crippen LogP contribution in [-0.4, -0.2) is 43.2 Å². The molecule has 12 nitrogen and oxygen atoms in total. The molecule has 17 heteroatoms. The van der Waals surface area contributed by atoms with Crippen molar-refractivity contribution in [3.05, 3.63) is 94.7 Å². The molecule has 6 aromatic rings. The first kappa shape index (κ1) is 35.4. The van der Waals surface area contributed by atoms with E-state index in [9.17, 15) is 36.9 Å². The first-order chi connectivity index (χ1) is 24.2. The van der Waals surface area contributed by atoms with Gasteiger partial charge in [0.1, 0.15) is 0 Å².